The fourth-order valence-corrected chi connectivity index (χ4v) is 10.6. The molecule has 4 amide bonds. The van der Waals surface area contributed by atoms with E-state index in [9.17, 15) is 27.6 Å². The van der Waals surface area contributed by atoms with Crippen molar-refractivity contribution in [2.24, 2.45) is 17.3 Å². The van der Waals surface area contributed by atoms with E-state index in [2.05, 4.69) is 17.2 Å². The van der Waals surface area contributed by atoms with Gasteiger partial charge in [-0.3, -0.25) is 19.4 Å². The average molecular weight is 808 g/mol. The Hall–Kier alpha value is -4.40. The molecule has 5 aliphatic rings. The Morgan fingerprint density at radius 2 is 1.74 bits per heavy atom. The predicted octanol–water partition coefficient (Wildman–Crippen LogP) is 5.20. The minimum Gasteiger partial charge on any atom is -0.497 e. The Bertz CT molecular complexity index is 2100. The molecule has 57 heavy (non-hydrogen) atoms. The molecular weight excluding hydrogens is 751 g/mol. The van der Waals surface area contributed by atoms with Crippen molar-refractivity contribution in [3.05, 3.63) is 42.6 Å². The van der Waals surface area contributed by atoms with E-state index in [-0.39, 0.29) is 25.3 Å². The summed E-state index contributed by atoms with van der Waals surface area (Å²) in [4.78, 5) is 63.0. The highest BCUT2D eigenvalue weighted by Gasteiger charge is 2.68. The highest BCUT2D eigenvalue weighted by atomic mass is 32.2. The molecule has 5 fully saturated rings. The van der Waals surface area contributed by atoms with Crippen molar-refractivity contribution < 1.29 is 41.8 Å². The lowest BCUT2D eigenvalue weighted by Crippen LogP contribution is -2.60. The Kier molecular flexibility index (Phi) is 10.1. The van der Waals surface area contributed by atoms with E-state index in [0.717, 1.165) is 41.1 Å². The van der Waals surface area contributed by atoms with Gasteiger partial charge in [0.2, 0.25) is 21.8 Å². The summed E-state index contributed by atoms with van der Waals surface area (Å²) in [5.74, 6) is -0.849. The van der Waals surface area contributed by atoms with Crippen LogP contribution in [-0.2, 0) is 29.1 Å². The summed E-state index contributed by atoms with van der Waals surface area (Å²) in [5.41, 5.74) is -1.61. The number of ether oxygens (including phenoxy) is 3. The normalized spacial score (nSPS) is 25.9. The Morgan fingerprint density at radius 1 is 1.05 bits per heavy atom. The zero-order valence-corrected chi connectivity index (χ0v) is 35.2. The number of carbonyl (C=O) groups is 4. The van der Waals surface area contributed by atoms with Crippen molar-refractivity contribution in [1.82, 2.24) is 24.8 Å². The van der Waals surface area contributed by atoms with Crippen molar-refractivity contribution in [2.45, 2.75) is 133 Å². The van der Waals surface area contributed by atoms with Crippen LogP contribution in [0.2, 0.25) is 0 Å². The lowest BCUT2D eigenvalue weighted by molar-refractivity contribution is -0.143. The third-order valence-corrected chi connectivity index (χ3v) is 14.8. The zero-order valence-electron chi connectivity index (χ0n) is 34.3. The van der Waals surface area contributed by atoms with Crippen LogP contribution in [0.3, 0.4) is 0 Å². The first-order valence-corrected chi connectivity index (χ1v) is 21.5. The number of alkyl carbamates (subject to hydrolysis) is 1. The number of aromatic nitrogens is 1. The number of pyridine rings is 1. The Morgan fingerprint density at radius 3 is 2.28 bits per heavy atom. The second-order valence-electron chi connectivity index (χ2n) is 18.8. The van der Waals surface area contributed by atoms with Crippen LogP contribution in [0.15, 0.2) is 36.9 Å². The third-order valence-electron chi connectivity index (χ3n) is 12.2. The van der Waals surface area contributed by atoms with Crippen molar-refractivity contribution >= 4 is 44.7 Å². The van der Waals surface area contributed by atoms with Crippen LogP contribution in [-0.4, -0.2) is 101 Å². The van der Waals surface area contributed by atoms with Crippen LogP contribution in [0.25, 0.3) is 10.9 Å². The minimum atomic E-state index is -3.99. The molecule has 14 nitrogen and oxygen atoms in total. The van der Waals surface area contributed by atoms with Gasteiger partial charge in [-0.15, -0.1) is 6.58 Å². The molecule has 1 aliphatic heterocycles. The van der Waals surface area contributed by atoms with Gasteiger partial charge in [-0.2, -0.15) is 0 Å². The number of hydrogen-bond donors (Lipinski definition) is 2. The van der Waals surface area contributed by atoms with E-state index in [1.165, 1.54) is 11.9 Å². The maximum absolute atomic E-state index is 14.7. The number of hydrogen-bond acceptors (Lipinski definition) is 10. The van der Waals surface area contributed by atoms with E-state index in [4.69, 9.17) is 19.2 Å². The van der Waals surface area contributed by atoms with Crippen LogP contribution in [0.5, 0.6) is 11.5 Å². The minimum absolute atomic E-state index is 0.0117. The smallest absolute Gasteiger partial charge is 0.408 e. The van der Waals surface area contributed by atoms with Gasteiger partial charge in [0.15, 0.2) is 0 Å². The molecule has 0 radical (unpaired) electrons. The van der Waals surface area contributed by atoms with E-state index in [1.807, 2.05) is 24.3 Å². The average Bonchev–Trinajstić information content (AvgIpc) is 3.95. The molecule has 7 rings (SSSR count). The number of fused-ring (bicyclic) bond motifs is 1. The molecule has 1 aromatic heterocycles. The number of rotatable bonds is 13. The number of methoxy groups -OCH3 is 1. The van der Waals surface area contributed by atoms with Crippen LogP contribution < -0.4 is 20.1 Å². The first-order valence-electron chi connectivity index (χ1n) is 20.1. The van der Waals surface area contributed by atoms with Crippen LogP contribution in [0.4, 0.5) is 4.79 Å². The second-order valence-corrected chi connectivity index (χ2v) is 21.1. The number of likely N-dealkylation sites (N-methyl/N-ethyl adjacent to an activating group) is 1. The molecule has 1 aromatic carbocycles. The van der Waals surface area contributed by atoms with Crippen molar-refractivity contribution in [1.29, 1.82) is 0 Å². The Balaban J connectivity index is 1.20. The summed E-state index contributed by atoms with van der Waals surface area (Å²) < 4.78 is 45.4. The predicted molar refractivity (Wildman–Crippen MR) is 213 cm³/mol. The quantitative estimate of drug-likeness (QED) is 0.256. The van der Waals surface area contributed by atoms with Gasteiger partial charge in [0.25, 0.3) is 5.91 Å². The molecule has 1 saturated heterocycles. The van der Waals surface area contributed by atoms with E-state index in [1.54, 1.807) is 54.7 Å². The molecule has 5 atom stereocenters. The maximum atomic E-state index is 14.7. The second kappa shape index (κ2) is 14.2. The number of amides is 4. The summed E-state index contributed by atoms with van der Waals surface area (Å²) in [6.45, 7) is 14.4. The Labute approximate surface area is 335 Å². The van der Waals surface area contributed by atoms with E-state index >= 15 is 0 Å². The summed E-state index contributed by atoms with van der Waals surface area (Å²) in [6, 6.07) is 5.21. The molecule has 0 bridgehead atoms. The molecule has 2 N–H and O–H groups in total. The van der Waals surface area contributed by atoms with Gasteiger partial charge < -0.3 is 29.7 Å². The number of benzene rings is 1. The fraction of sp³-hybridized carbons (Fsp3) is 0.643. The molecular formula is C42H57N5O9S. The highest BCUT2D eigenvalue weighted by molar-refractivity contribution is 7.91. The SMILES string of the molecule is C=CC1CC1(NC(=O)C1CC(Oc2cc(C3CC3)nc3cc(OC)ccc23)CN1C(=O)C(NC(=O)OC(C)(C)C)C(C)(C)C)C(=O)N(C)S(=O)(=O)C1(C2CC2)CC1. The number of nitrogens with one attached hydrogen (secondary N) is 2. The van der Waals surface area contributed by atoms with Gasteiger partial charge in [-0.25, -0.2) is 17.5 Å². The topological polar surface area (TPSA) is 174 Å². The molecule has 4 aliphatic carbocycles. The molecule has 2 aromatic rings. The van der Waals surface area contributed by atoms with Gasteiger partial charge in [0.1, 0.15) is 40.8 Å². The van der Waals surface area contributed by atoms with Crippen molar-refractivity contribution in [3.63, 3.8) is 0 Å². The van der Waals surface area contributed by atoms with Gasteiger partial charge in [0.05, 0.1) is 23.9 Å². The maximum Gasteiger partial charge on any atom is 0.408 e. The summed E-state index contributed by atoms with van der Waals surface area (Å²) in [5, 5.41) is 6.41. The number of nitrogens with zero attached hydrogens (tertiary/aromatic N) is 3. The van der Waals surface area contributed by atoms with Crippen LogP contribution >= 0.6 is 0 Å². The standard InChI is InChI=1S/C42H57N5O9S/c1-10-25-22-42(25,37(50)46(8)57(52,53)41(17-18-41)26-13-14-26)45-35(48)32-20-28(23-47(32)36(49)34(39(2,3)4)44-38(51)56-40(5,6)7)55-33-21-30(24-11-12-24)43-31-19-27(54-9)15-16-29(31)33/h10,15-16,19,21,24-26,28,32,34H,1,11-14,17-18,20,22-23H2,2-9H3,(H,44,51)(H,45,48). The molecule has 4 saturated carbocycles. The summed E-state index contributed by atoms with van der Waals surface area (Å²) in [6.07, 6.45) is 5.00. The van der Waals surface area contributed by atoms with Crippen molar-refractivity contribution in [2.75, 3.05) is 20.7 Å². The third kappa shape index (κ3) is 7.80. The van der Waals surface area contributed by atoms with Crippen LogP contribution in [0.1, 0.15) is 105 Å². The van der Waals surface area contributed by atoms with E-state index < -0.39 is 79.2 Å². The number of sulfonamides is 1. The molecule has 310 valence electrons. The zero-order chi connectivity index (χ0) is 41.5. The van der Waals surface area contributed by atoms with Gasteiger partial charge in [-0.1, -0.05) is 26.8 Å². The lowest BCUT2D eigenvalue weighted by atomic mass is 9.85. The monoisotopic (exact) mass is 807 g/mol. The fourth-order valence-electron chi connectivity index (χ4n) is 8.39. The van der Waals surface area contributed by atoms with E-state index in [0.29, 0.717) is 35.8 Å². The van der Waals surface area contributed by atoms with Gasteiger partial charge >= 0.3 is 6.09 Å². The molecule has 5 unspecified atom stereocenters. The number of carbonyl (C=O) groups excluding carboxylic acids is 4. The van der Waals surface area contributed by atoms with Gasteiger partial charge in [0, 0.05) is 48.5 Å². The summed E-state index contributed by atoms with van der Waals surface area (Å²) in [7, 11) is -1.12. The summed E-state index contributed by atoms with van der Waals surface area (Å²) >= 11 is 0. The molecule has 2 heterocycles. The van der Waals surface area contributed by atoms with Gasteiger partial charge in [-0.05, 0) is 89.2 Å². The molecule has 15 heteroatoms. The largest absolute Gasteiger partial charge is 0.497 e. The first-order chi connectivity index (χ1) is 26.6. The van der Waals surface area contributed by atoms with Crippen LogP contribution in [0, 0.1) is 17.3 Å². The highest BCUT2D eigenvalue weighted by Crippen LogP contribution is 2.60. The lowest BCUT2D eigenvalue weighted by Gasteiger charge is -2.36. The number of likely N-dealkylation sites (tertiary alicyclic amines) is 1. The first kappa shape index (κ1) is 40.8. The molecule has 0 spiro atoms. The van der Waals surface area contributed by atoms with Crippen molar-refractivity contribution in [3.8, 4) is 11.5 Å².